The highest BCUT2D eigenvalue weighted by Crippen LogP contribution is 1.95. The van der Waals surface area contributed by atoms with Gasteiger partial charge in [0.25, 0.3) is 0 Å². The van der Waals surface area contributed by atoms with Gasteiger partial charge >= 0.3 is 5.97 Å². The Kier molecular flexibility index (Phi) is 8.10. The van der Waals surface area contributed by atoms with Gasteiger partial charge in [-0.3, -0.25) is 0 Å². The molecular weight excluding hydrogens is 198 g/mol. The topological polar surface area (TPSA) is 49.3 Å². The van der Waals surface area contributed by atoms with Crippen LogP contribution in [-0.2, 0) is 4.79 Å². The molecule has 0 spiro atoms. The summed E-state index contributed by atoms with van der Waals surface area (Å²) in [4.78, 5) is 10.4. The third-order valence-corrected chi connectivity index (χ3v) is 2.36. The second-order valence-corrected chi connectivity index (χ2v) is 3.76. The zero-order valence-electron chi connectivity index (χ0n) is 8.25. The molecule has 0 fully saturated rings. The molecule has 78 valence electrons. The fraction of sp³-hybridized carbons (Fsp3) is 0.500. The first-order valence-corrected chi connectivity index (χ1v) is 5.46. The summed E-state index contributed by atoms with van der Waals surface area (Å²) in [5.74, 6) is 3.35. The number of hydrogen-bond acceptors (Lipinski definition) is 3. The number of aliphatic carboxylic acids is 1. The summed E-state index contributed by atoms with van der Waals surface area (Å²) >= 11 is 1.68. The van der Waals surface area contributed by atoms with Crippen molar-refractivity contribution in [2.45, 2.75) is 6.92 Å². The van der Waals surface area contributed by atoms with Gasteiger partial charge in [-0.15, -0.1) is 18.2 Å². The van der Waals surface area contributed by atoms with Gasteiger partial charge in [-0.2, -0.15) is 0 Å². The number of hydrogen-bond donors (Lipinski definition) is 2. The summed E-state index contributed by atoms with van der Waals surface area (Å²) < 4.78 is 0. The van der Waals surface area contributed by atoms with Crippen molar-refractivity contribution in [3.63, 3.8) is 0 Å². The second-order valence-electron chi connectivity index (χ2n) is 2.65. The monoisotopic (exact) mass is 213 g/mol. The maximum Gasteiger partial charge on any atom is 0.330 e. The van der Waals surface area contributed by atoms with Crippen molar-refractivity contribution >= 4 is 17.7 Å². The normalized spacial score (nSPS) is 11.0. The predicted molar refractivity (Wildman–Crippen MR) is 60.4 cm³/mol. The smallest absolute Gasteiger partial charge is 0.330 e. The molecule has 0 aliphatic heterocycles. The third kappa shape index (κ3) is 7.71. The fourth-order valence-electron chi connectivity index (χ4n) is 0.690. The standard InChI is InChI=1S/C10H15NO2S/c1-3-7-14-8-6-11-5-4-9(2)10(12)13/h1,4,11H,5-8H2,2H3,(H,12,13). The van der Waals surface area contributed by atoms with Gasteiger partial charge in [0.05, 0.1) is 5.75 Å². The van der Waals surface area contributed by atoms with Crippen LogP contribution >= 0.6 is 11.8 Å². The number of carboxylic acids is 1. The Morgan fingerprint density at radius 1 is 1.71 bits per heavy atom. The number of rotatable bonds is 7. The number of carbonyl (C=O) groups is 1. The van der Waals surface area contributed by atoms with Crippen LogP contribution in [-0.4, -0.2) is 35.7 Å². The van der Waals surface area contributed by atoms with Crippen molar-refractivity contribution in [3.05, 3.63) is 11.6 Å². The van der Waals surface area contributed by atoms with Gasteiger partial charge in [0.2, 0.25) is 0 Å². The molecule has 0 heterocycles. The molecule has 0 aromatic carbocycles. The maximum atomic E-state index is 10.4. The summed E-state index contributed by atoms with van der Waals surface area (Å²) in [6, 6.07) is 0. The number of carboxylic acid groups (broad SMARTS) is 1. The lowest BCUT2D eigenvalue weighted by Gasteiger charge is -2.00. The molecule has 0 aliphatic rings. The molecule has 2 N–H and O–H groups in total. The van der Waals surface area contributed by atoms with Crippen LogP contribution in [0, 0.1) is 12.3 Å². The first kappa shape index (κ1) is 13.1. The van der Waals surface area contributed by atoms with Crippen LogP contribution in [0.25, 0.3) is 0 Å². The van der Waals surface area contributed by atoms with Gasteiger partial charge in [0.15, 0.2) is 0 Å². The minimum Gasteiger partial charge on any atom is -0.478 e. The van der Waals surface area contributed by atoms with Crippen LogP contribution in [0.3, 0.4) is 0 Å². The Bertz CT molecular complexity index is 243. The van der Waals surface area contributed by atoms with E-state index in [0.29, 0.717) is 12.1 Å². The molecule has 0 atom stereocenters. The maximum absolute atomic E-state index is 10.4. The highest BCUT2D eigenvalue weighted by Gasteiger charge is 1.96. The number of terminal acetylenes is 1. The molecule has 0 aliphatic carbocycles. The highest BCUT2D eigenvalue weighted by molar-refractivity contribution is 7.99. The van der Waals surface area contributed by atoms with Gasteiger partial charge in [0.1, 0.15) is 0 Å². The van der Waals surface area contributed by atoms with Crippen LogP contribution in [0.4, 0.5) is 0 Å². The Morgan fingerprint density at radius 2 is 2.43 bits per heavy atom. The molecule has 14 heavy (non-hydrogen) atoms. The van der Waals surface area contributed by atoms with Crippen molar-refractivity contribution in [3.8, 4) is 12.3 Å². The van der Waals surface area contributed by atoms with E-state index in [1.54, 1.807) is 24.8 Å². The second kappa shape index (κ2) is 8.67. The minimum atomic E-state index is -0.867. The molecule has 0 saturated heterocycles. The SMILES string of the molecule is C#CCSCCNCC=C(C)C(=O)O. The van der Waals surface area contributed by atoms with E-state index >= 15 is 0 Å². The van der Waals surface area contributed by atoms with Gasteiger partial charge in [-0.1, -0.05) is 12.0 Å². The predicted octanol–water partition coefficient (Wildman–Crippen LogP) is 0.973. The summed E-state index contributed by atoms with van der Waals surface area (Å²) in [6.45, 7) is 3.02. The highest BCUT2D eigenvalue weighted by atomic mass is 32.2. The average Bonchev–Trinajstić information content (AvgIpc) is 2.16. The van der Waals surface area contributed by atoms with E-state index in [1.165, 1.54) is 0 Å². The van der Waals surface area contributed by atoms with Crippen molar-refractivity contribution in [2.24, 2.45) is 0 Å². The Labute approximate surface area is 89.0 Å². The summed E-state index contributed by atoms with van der Waals surface area (Å²) in [5.41, 5.74) is 0.369. The van der Waals surface area contributed by atoms with E-state index in [0.717, 1.165) is 18.1 Å². The molecule has 0 amide bonds. The quantitative estimate of drug-likeness (QED) is 0.376. The summed E-state index contributed by atoms with van der Waals surface area (Å²) in [6.07, 6.45) is 6.74. The Morgan fingerprint density at radius 3 is 3.00 bits per heavy atom. The molecule has 0 bridgehead atoms. The van der Waals surface area contributed by atoms with E-state index < -0.39 is 5.97 Å². The first-order valence-electron chi connectivity index (χ1n) is 4.30. The molecule has 4 heteroatoms. The average molecular weight is 213 g/mol. The van der Waals surface area contributed by atoms with E-state index in [9.17, 15) is 4.79 Å². The van der Waals surface area contributed by atoms with Crippen molar-refractivity contribution < 1.29 is 9.90 Å². The van der Waals surface area contributed by atoms with E-state index in [1.807, 2.05) is 0 Å². The van der Waals surface area contributed by atoms with Crippen LogP contribution in [0.1, 0.15) is 6.92 Å². The Balaban J connectivity index is 3.34. The lowest BCUT2D eigenvalue weighted by Crippen LogP contribution is -2.17. The molecule has 3 nitrogen and oxygen atoms in total. The minimum absolute atomic E-state index is 0.369. The van der Waals surface area contributed by atoms with E-state index in [2.05, 4.69) is 11.2 Å². The van der Waals surface area contributed by atoms with Crippen LogP contribution in [0.15, 0.2) is 11.6 Å². The summed E-state index contributed by atoms with van der Waals surface area (Å²) in [7, 11) is 0. The largest absolute Gasteiger partial charge is 0.478 e. The third-order valence-electron chi connectivity index (χ3n) is 1.50. The molecule has 0 aromatic heterocycles. The number of nitrogens with one attached hydrogen (secondary N) is 1. The summed E-state index contributed by atoms with van der Waals surface area (Å²) in [5, 5.41) is 11.6. The molecule has 0 unspecified atom stereocenters. The fourth-order valence-corrected chi connectivity index (χ4v) is 1.24. The van der Waals surface area contributed by atoms with E-state index in [4.69, 9.17) is 11.5 Å². The lowest BCUT2D eigenvalue weighted by molar-refractivity contribution is -0.132. The molecule has 0 saturated carbocycles. The Hall–Kier alpha value is -0.920. The van der Waals surface area contributed by atoms with Gasteiger partial charge in [-0.25, -0.2) is 4.79 Å². The molecule has 0 rings (SSSR count). The zero-order chi connectivity index (χ0) is 10.8. The van der Waals surface area contributed by atoms with E-state index in [-0.39, 0.29) is 0 Å². The molecule has 0 aromatic rings. The number of thioether (sulfide) groups is 1. The van der Waals surface area contributed by atoms with Gasteiger partial charge in [0, 0.05) is 24.4 Å². The lowest BCUT2D eigenvalue weighted by atomic mass is 10.3. The van der Waals surface area contributed by atoms with Crippen molar-refractivity contribution in [2.75, 3.05) is 24.6 Å². The van der Waals surface area contributed by atoms with Crippen LogP contribution < -0.4 is 5.32 Å². The van der Waals surface area contributed by atoms with Crippen LogP contribution in [0.2, 0.25) is 0 Å². The zero-order valence-corrected chi connectivity index (χ0v) is 9.06. The van der Waals surface area contributed by atoms with Crippen LogP contribution in [0.5, 0.6) is 0 Å². The first-order chi connectivity index (χ1) is 6.68. The van der Waals surface area contributed by atoms with Gasteiger partial charge < -0.3 is 10.4 Å². The molecular formula is C10H15NO2S. The van der Waals surface area contributed by atoms with Gasteiger partial charge in [-0.05, 0) is 6.92 Å². The van der Waals surface area contributed by atoms with Crippen molar-refractivity contribution in [1.82, 2.24) is 5.32 Å². The molecule has 0 radical (unpaired) electrons. The van der Waals surface area contributed by atoms with Crippen molar-refractivity contribution in [1.29, 1.82) is 0 Å².